The molecule has 1 aliphatic rings. The number of phenols is 1. The number of ether oxygens (including phenoxy) is 2. The van der Waals surface area contributed by atoms with E-state index in [0.29, 0.717) is 30.2 Å². The van der Waals surface area contributed by atoms with E-state index in [2.05, 4.69) is 19.6 Å². The molecule has 0 saturated carbocycles. The van der Waals surface area contributed by atoms with Gasteiger partial charge in [0.05, 0.1) is 18.9 Å². The van der Waals surface area contributed by atoms with Gasteiger partial charge in [-0.05, 0) is 37.5 Å². The summed E-state index contributed by atoms with van der Waals surface area (Å²) in [5.74, 6) is 0.357. The van der Waals surface area contributed by atoms with Gasteiger partial charge in [-0.3, -0.25) is 4.79 Å². The predicted molar refractivity (Wildman–Crippen MR) is 106 cm³/mol. The summed E-state index contributed by atoms with van der Waals surface area (Å²) in [5, 5.41) is 10.3. The van der Waals surface area contributed by atoms with Gasteiger partial charge >= 0.3 is 5.97 Å². The molecule has 0 amide bonds. The van der Waals surface area contributed by atoms with Crippen molar-refractivity contribution in [2.45, 2.75) is 32.7 Å². The van der Waals surface area contributed by atoms with Gasteiger partial charge in [-0.2, -0.15) is 12.6 Å². The maximum atomic E-state index is 12.5. The molecule has 1 aromatic carbocycles. The normalized spacial score (nSPS) is 15.0. The Balaban J connectivity index is 2.13. The van der Waals surface area contributed by atoms with Crippen molar-refractivity contribution in [3.63, 3.8) is 0 Å². The van der Waals surface area contributed by atoms with E-state index in [0.717, 1.165) is 17.5 Å². The molecule has 0 radical (unpaired) electrons. The number of esters is 1. The number of thiol groups is 1. The van der Waals surface area contributed by atoms with Gasteiger partial charge < -0.3 is 19.1 Å². The molecule has 1 atom stereocenters. The van der Waals surface area contributed by atoms with E-state index in [1.807, 2.05) is 10.6 Å². The summed E-state index contributed by atoms with van der Waals surface area (Å²) in [6, 6.07) is 4.97. The molecule has 0 spiro atoms. The van der Waals surface area contributed by atoms with E-state index < -0.39 is 11.4 Å². The fourth-order valence-corrected chi connectivity index (χ4v) is 3.50. The number of fused-ring (bicyclic) bond motifs is 3. The first-order valence-corrected chi connectivity index (χ1v) is 9.66. The second-order valence-corrected chi connectivity index (χ2v) is 6.83. The fourth-order valence-electron chi connectivity index (χ4n) is 3.41. The van der Waals surface area contributed by atoms with E-state index in [9.17, 15) is 14.7 Å². The van der Waals surface area contributed by atoms with Crippen molar-refractivity contribution >= 4 is 18.6 Å². The average Bonchev–Trinajstić information content (AvgIpc) is 2.65. The fraction of sp³-hybridized carbons (Fsp3) is 0.400. The zero-order valence-electron chi connectivity index (χ0n) is 15.4. The van der Waals surface area contributed by atoms with Crippen LogP contribution in [0.15, 0.2) is 29.2 Å². The van der Waals surface area contributed by atoms with E-state index >= 15 is 0 Å². The van der Waals surface area contributed by atoms with E-state index in [1.54, 1.807) is 19.2 Å². The topological polar surface area (TPSA) is 77.8 Å². The quantitative estimate of drug-likeness (QED) is 0.586. The highest BCUT2D eigenvalue weighted by molar-refractivity contribution is 7.80. The van der Waals surface area contributed by atoms with Crippen LogP contribution in [0.4, 0.5) is 0 Å². The predicted octanol–water partition coefficient (Wildman–Crippen LogP) is 3.21. The van der Waals surface area contributed by atoms with Crippen molar-refractivity contribution in [2.75, 3.05) is 19.0 Å². The molecule has 0 bridgehead atoms. The minimum atomic E-state index is -0.614. The molecular formula is C20H23NO5S. The largest absolute Gasteiger partial charge is 0.504 e. The standard InChI is InChI=1S/C20H23NO5S/c1-3-13-7-12-8-19(26-5-6-27)18(23)9-14(12)16-10-17(22)15(11-21(13)16)20(24)25-4-2/h8-11,13,23,27H,3-7H2,1-2H3. The number of hydrogen-bond donors (Lipinski definition) is 2. The van der Waals surface area contributed by atoms with Crippen molar-refractivity contribution in [1.29, 1.82) is 0 Å². The summed E-state index contributed by atoms with van der Waals surface area (Å²) in [6.07, 6.45) is 3.11. The Bertz CT molecular complexity index is 921. The summed E-state index contributed by atoms with van der Waals surface area (Å²) in [5.41, 5.74) is 2.08. The summed E-state index contributed by atoms with van der Waals surface area (Å²) in [6.45, 7) is 4.37. The SMILES string of the molecule is CCOC(=O)c1cn2c(cc1=O)-c1cc(O)c(OCCS)cc1CC2CC. The molecule has 0 fully saturated rings. The van der Waals surface area contributed by atoms with Crippen LogP contribution in [0.2, 0.25) is 0 Å². The Morgan fingerprint density at radius 1 is 1.33 bits per heavy atom. The number of pyridine rings is 1. The molecule has 7 heteroatoms. The number of phenolic OH excluding ortho intramolecular Hbond substituents is 1. The monoisotopic (exact) mass is 389 g/mol. The maximum absolute atomic E-state index is 12.5. The minimum Gasteiger partial charge on any atom is -0.504 e. The number of hydrogen-bond acceptors (Lipinski definition) is 6. The number of nitrogens with zero attached hydrogens (tertiary/aromatic N) is 1. The van der Waals surface area contributed by atoms with Crippen LogP contribution in [0.3, 0.4) is 0 Å². The molecule has 1 aromatic heterocycles. The van der Waals surface area contributed by atoms with Crippen molar-refractivity contribution in [2.24, 2.45) is 0 Å². The smallest absolute Gasteiger partial charge is 0.343 e. The van der Waals surface area contributed by atoms with E-state index in [4.69, 9.17) is 9.47 Å². The third-order valence-electron chi connectivity index (χ3n) is 4.70. The Labute approximate surface area is 163 Å². The van der Waals surface area contributed by atoms with Crippen LogP contribution in [0.5, 0.6) is 11.5 Å². The van der Waals surface area contributed by atoms with Gasteiger partial charge in [-0.15, -0.1) is 0 Å². The van der Waals surface area contributed by atoms with Gasteiger partial charge in [0.1, 0.15) is 5.56 Å². The van der Waals surface area contributed by atoms with Crippen molar-refractivity contribution in [3.05, 3.63) is 45.7 Å². The van der Waals surface area contributed by atoms with Crippen LogP contribution in [-0.4, -0.2) is 34.6 Å². The molecule has 1 aliphatic heterocycles. The molecule has 1 N–H and O–H groups in total. The number of carbonyl (C=O) groups is 1. The molecule has 27 heavy (non-hydrogen) atoms. The zero-order valence-corrected chi connectivity index (χ0v) is 16.3. The Morgan fingerprint density at radius 3 is 2.78 bits per heavy atom. The van der Waals surface area contributed by atoms with Gasteiger partial charge in [-0.1, -0.05) is 6.92 Å². The van der Waals surface area contributed by atoms with Gasteiger partial charge in [0, 0.05) is 29.6 Å². The second-order valence-electron chi connectivity index (χ2n) is 6.38. The molecule has 0 saturated heterocycles. The van der Waals surface area contributed by atoms with Gasteiger partial charge in [0.15, 0.2) is 16.9 Å². The van der Waals surface area contributed by atoms with Gasteiger partial charge in [-0.25, -0.2) is 4.79 Å². The molecule has 2 aromatic rings. The highest BCUT2D eigenvalue weighted by Gasteiger charge is 2.27. The van der Waals surface area contributed by atoms with Crippen LogP contribution in [0.1, 0.15) is 42.2 Å². The maximum Gasteiger partial charge on any atom is 0.343 e. The Kier molecular flexibility index (Phi) is 5.79. The Morgan fingerprint density at radius 2 is 2.11 bits per heavy atom. The van der Waals surface area contributed by atoms with Crippen LogP contribution in [0, 0.1) is 0 Å². The lowest BCUT2D eigenvalue weighted by molar-refractivity contribution is 0.0523. The third-order valence-corrected chi connectivity index (χ3v) is 4.89. The minimum absolute atomic E-state index is 0.0129. The highest BCUT2D eigenvalue weighted by atomic mass is 32.1. The average molecular weight is 389 g/mol. The first-order valence-electron chi connectivity index (χ1n) is 9.03. The number of aromatic nitrogens is 1. The summed E-state index contributed by atoms with van der Waals surface area (Å²) < 4.78 is 12.5. The lowest BCUT2D eigenvalue weighted by atomic mass is 9.90. The second kappa shape index (κ2) is 8.08. The lowest BCUT2D eigenvalue weighted by Gasteiger charge is -2.30. The number of benzene rings is 1. The Hall–Kier alpha value is -2.41. The summed E-state index contributed by atoms with van der Waals surface area (Å²) in [7, 11) is 0. The number of carbonyl (C=O) groups excluding carboxylic acids is 1. The van der Waals surface area contributed by atoms with Gasteiger partial charge in [0.25, 0.3) is 0 Å². The number of rotatable bonds is 6. The van der Waals surface area contributed by atoms with Crippen LogP contribution < -0.4 is 10.2 Å². The van der Waals surface area contributed by atoms with Crippen molar-refractivity contribution in [3.8, 4) is 22.8 Å². The first kappa shape index (κ1) is 19.4. The molecule has 1 unspecified atom stereocenters. The van der Waals surface area contributed by atoms with Crippen molar-refractivity contribution in [1.82, 2.24) is 4.57 Å². The van der Waals surface area contributed by atoms with E-state index in [-0.39, 0.29) is 24.0 Å². The summed E-state index contributed by atoms with van der Waals surface area (Å²) >= 11 is 4.12. The molecule has 144 valence electrons. The number of aromatic hydroxyl groups is 1. The van der Waals surface area contributed by atoms with Crippen LogP contribution >= 0.6 is 12.6 Å². The molecule has 6 nitrogen and oxygen atoms in total. The van der Waals surface area contributed by atoms with Gasteiger partial charge in [0.2, 0.25) is 0 Å². The van der Waals surface area contributed by atoms with E-state index in [1.165, 1.54) is 6.07 Å². The van der Waals surface area contributed by atoms with Crippen LogP contribution in [-0.2, 0) is 11.2 Å². The third kappa shape index (κ3) is 3.69. The zero-order chi connectivity index (χ0) is 19.6. The highest BCUT2D eigenvalue weighted by Crippen LogP contribution is 2.41. The lowest BCUT2D eigenvalue weighted by Crippen LogP contribution is -2.26. The summed E-state index contributed by atoms with van der Waals surface area (Å²) in [4.78, 5) is 24.6. The molecular weight excluding hydrogens is 366 g/mol. The first-order chi connectivity index (χ1) is 13.0. The van der Waals surface area contributed by atoms with Crippen molar-refractivity contribution < 1.29 is 19.4 Å². The van der Waals surface area contributed by atoms with Crippen LogP contribution in [0.25, 0.3) is 11.3 Å². The molecule has 3 rings (SSSR count). The molecule has 2 heterocycles. The molecule has 0 aliphatic carbocycles.